The van der Waals surface area contributed by atoms with Crippen LogP contribution in [0.25, 0.3) is 0 Å². The van der Waals surface area contributed by atoms with E-state index in [0.29, 0.717) is 22.7 Å². The van der Waals surface area contributed by atoms with Crippen LogP contribution in [0, 0.1) is 0 Å². The summed E-state index contributed by atoms with van der Waals surface area (Å²) in [4.78, 5) is 24.7. The van der Waals surface area contributed by atoms with Crippen LogP contribution in [0.5, 0.6) is 11.5 Å². The van der Waals surface area contributed by atoms with Gasteiger partial charge in [0.15, 0.2) is 6.10 Å². The maximum Gasteiger partial charge on any atom is 0.265 e. The van der Waals surface area contributed by atoms with Gasteiger partial charge in [-0.25, -0.2) is 0 Å². The molecule has 0 aliphatic heterocycles. The number of benzene rings is 2. The first-order valence-corrected chi connectivity index (χ1v) is 8.42. The van der Waals surface area contributed by atoms with Crippen LogP contribution in [-0.4, -0.2) is 31.1 Å². The molecule has 0 saturated carbocycles. The molecule has 2 N–H and O–H groups in total. The van der Waals surface area contributed by atoms with E-state index in [1.165, 1.54) is 0 Å². The Morgan fingerprint density at radius 1 is 0.923 bits per heavy atom. The van der Waals surface area contributed by atoms with Crippen molar-refractivity contribution in [1.29, 1.82) is 0 Å². The number of carbonyl (C=O) groups is 2. The fraction of sp³-hybridized carbons (Fsp3) is 0.300. The normalized spacial score (nSPS) is 11.6. The molecule has 0 unspecified atom stereocenters. The molecular formula is C20H24N2O4. The van der Waals surface area contributed by atoms with Crippen molar-refractivity contribution in [2.75, 3.05) is 12.4 Å². The summed E-state index contributed by atoms with van der Waals surface area (Å²) in [6.45, 7) is 5.41. The van der Waals surface area contributed by atoms with Gasteiger partial charge in [0.25, 0.3) is 11.8 Å². The van der Waals surface area contributed by atoms with E-state index < -0.39 is 6.10 Å². The zero-order valence-electron chi connectivity index (χ0n) is 15.4. The van der Waals surface area contributed by atoms with Gasteiger partial charge in [0.05, 0.1) is 18.4 Å². The molecule has 6 heteroatoms. The summed E-state index contributed by atoms with van der Waals surface area (Å²) in [5.41, 5.74) is 0.854. The zero-order valence-corrected chi connectivity index (χ0v) is 15.4. The average Bonchev–Trinajstić information content (AvgIpc) is 2.62. The fourth-order valence-electron chi connectivity index (χ4n) is 2.28. The van der Waals surface area contributed by atoms with Gasteiger partial charge in [-0.2, -0.15) is 0 Å². The van der Waals surface area contributed by atoms with E-state index in [0.717, 1.165) is 0 Å². The van der Waals surface area contributed by atoms with E-state index in [1.807, 2.05) is 13.8 Å². The highest BCUT2D eigenvalue weighted by atomic mass is 16.5. The van der Waals surface area contributed by atoms with Crippen LogP contribution in [-0.2, 0) is 4.79 Å². The molecule has 2 rings (SSSR count). The van der Waals surface area contributed by atoms with Crippen molar-refractivity contribution in [3.05, 3.63) is 54.1 Å². The molecule has 0 spiro atoms. The van der Waals surface area contributed by atoms with Crippen molar-refractivity contribution in [3.63, 3.8) is 0 Å². The van der Waals surface area contributed by atoms with E-state index in [9.17, 15) is 9.59 Å². The second-order valence-corrected chi connectivity index (χ2v) is 6.10. The number of ether oxygens (including phenoxy) is 2. The lowest BCUT2D eigenvalue weighted by atomic mass is 10.1. The molecule has 0 saturated heterocycles. The molecule has 2 aromatic rings. The van der Waals surface area contributed by atoms with Crippen LogP contribution in [0.2, 0.25) is 0 Å². The number of carbonyl (C=O) groups excluding carboxylic acids is 2. The Hall–Kier alpha value is -3.02. The fourth-order valence-corrected chi connectivity index (χ4v) is 2.28. The van der Waals surface area contributed by atoms with Crippen molar-refractivity contribution >= 4 is 17.5 Å². The van der Waals surface area contributed by atoms with Crippen LogP contribution in [0.15, 0.2) is 48.5 Å². The summed E-state index contributed by atoms with van der Waals surface area (Å²) in [5, 5.41) is 5.58. The number of methoxy groups -OCH3 is 1. The predicted molar refractivity (Wildman–Crippen MR) is 101 cm³/mol. The molecule has 0 aliphatic rings. The summed E-state index contributed by atoms with van der Waals surface area (Å²) in [6.07, 6.45) is -0.732. The lowest BCUT2D eigenvalue weighted by Gasteiger charge is -2.17. The van der Waals surface area contributed by atoms with Crippen LogP contribution >= 0.6 is 0 Å². The van der Waals surface area contributed by atoms with Crippen molar-refractivity contribution in [2.45, 2.75) is 32.9 Å². The van der Waals surface area contributed by atoms with Gasteiger partial charge in [0, 0.05) is 6.04 Å². The molecule has 0 aliphatic carbocycles. The monoisotopic (exact) mass is 356 g/mol. The zero-order chi connectivity index (χ0) is 19.1. The Labute approximate surface area is 153 Å². The number of para-hydroxylation sites is 1. The molecule has 2 aromatic carbocycles. The molecular weight excluding hydrogens is 332 g/mol. The minimum Gasteiger partial charge on any atom is -0.497 e. The van der Waals surface area contributed by atoms with E-state index in [2.05, 4.69) is 10.6 Å². The third kappa shape index (κ3) is 5.24. The van der Waals surface area contributed by atoms with E-state index in [1.54, 1.807) is 62.6 Å². The number of rotatable bonds is 7. The van der Waals surface area contributed by atoms with Crippen molar-refractivity contribution < 1.29 is 19.1 Å². The second-order valence-electron chi connectivity index (χ2n) is 6.10. The molecule has 0 fully saturated rings. The predicted octanol–water partition coefficient (Wildman–Crippen LogP) is 3.24. The third-order valence-electron chi connectivity index (χ3n) is 3.59. The maximum absolute atomic E-state index is 12.4. The average molecular weight is 356 g/mol. The molecule has 0 heterocycles. The summed E-state index contributed by atoms with van der Waals surface area (Å²) < 4.78 is 10.7. The van der Waals surface area contributed by atoms with Crippen LogP contribution < -0.4 is 20.1 Å². The van der Waals surface area contributed by atoms with Crippen molar-refractivity contribution in [2.24, 2.45) is 0 Å². The molecule has 6 nitrogen and oxygen atoms in total. The van der Waals surface area contributed by atoms with Gasteiger partial charge in [-0.15, -0.1) is 0 Å². The molecule has 2 amide bonds. The second kappa shape index (κ2) is 8.89. The minimum atomic E-state index is -0.732. The topological polar surface area (TPSA) is 76.7 Å². The van der Waals surface area contributed by atoms with Gasteiger partial charge in [-0.3, -0.25) is 9.59 Å². The Bertz CT molecular complexity index is 757. The number of nitrogens with one attached hydrogen (secondary N) is 2. The van der Waals surface area contributed by atoms with Gasteiger partial charge < -0.3 is 20.1 Å². The van der Waals surface area contributed by atoms with Gasteiger partial charge >= 0.3 is 0 Å². The number of hydrogen-bond donors (Lipinski definition) is 2. The quantitative estimate of drug-likeness (QED) is 0.798. The summed E-state index contributed by atoms with van der Waals surface area (Å²) in [6, 6.07) is 13.8. The lowest BCUT2D eigenvalue weighted by Crippen LogP contribution is -2.33. The highest BCUT2D eigenvalue weighted by Gasteiger charge is 2.18. The Kier molecular flexibility index (Phi) is 6.60. The van der Waals surface area contributed by atoms with Crippen LogP contribution in [0.1, 0.15) is 31.1 Å². The van der Waals surface area contributed by atoms with Gasteiger partial charge in [-0.1, -0.05) is 12.1 Å². The smallest absolute Gasteiger partial charge is 0.265 e. The van der Waals surface area contributed by atoms with Gasteiger partial charge in [-0.05, 0) is 57.2 Å². The van der Waals surface area contributed by atoms with Crippen molar-refractivity contribution in [1.82, 2.24) is 5.32 Å². The number of amides is 2. The first kappa shape index (κ1) is 19.3. The third-order valence-corrected chi connectivity index (χ3v) is 3.59. The van der Waals surface area contributed by atoms with Crippen LogP contribution in [0.3, 0.4) is 0 Å². The van der Waals surface area contributed by atoms with E-state index in [-0.39, 0.29) is 17.9 Å². The van der Waals surface area contributed by atoms with E-state index in [4.69, 9.17) is 9.47 Å². The number of anilines is 1. The summed E-state index contributed by atoms with van der Waals surface area (Å²) >= 11 is 0. The molecule has 26 heavy (non-hydrogen) atoms. The lowest BCUT2D eigenvalue weighted by molar-refractivity contribution is -0.122. The molecule has 0 radical (unpaired) electrons. The highest BCUT2D eigenvalue weighted by molar-refractivity contribution is 6.04. The maximum atomic E-state index is 12.4. The Balaban J connectivity index is 2.05. The molecule has 138 valence electrons. The van der Waals surface area contributed by atoms with Crippen molar-refractivity contribution in [3.8, 4) is 11.5 Å². The molecule has 0 bridgehead atoms. The van der Waals surface area contributed by atoms with Gasteiger partial charge in [0.2, 0.25) is 0 Å². The van der Waals surface area contributed by atoms with Crippen LogP contribution in [0.4, 0.5) is 5.69 Å². The van der Waals surface area contributed by atoms with E-state index >= 15 is 0 Å². The first-order valence-electron chi connectivity index (χ1n) is 8.42. The minimum absolute atomic E-state index is 0.00332. The first-order chi connectivity index (χ1) is 12.4. The highest BCUT2D eigenvalue weighted by Crippen LogP contribution is 2.19. The van der Waals surface area contributed by atoms with Gasteiger partial charge in [0.1, 0.15) is 11.5 Å². The summed E-state index contributed by atoms with van der Waals surface area (Å²) in [7, 11) is 1.58. The standard InChI is InChI=1S/C20H24N2O4/c1-13(2)21-20(24)17-7-5-6-8-18(17)22-19(23)14(3)26-16-11-9-15(25-4)10-12-16/h5-14H,1-4H3,(H,21,24)(H,22,23)/t14-/m1/s1. The molecule has 1 atom stereocenters. The Morgan fingerprint density at radius 3 is 2.15 bits per heavy atom. The SMILES string of the molecule is COc1ccc(O[C@H](C)C(=O)Nc2ccccc2C(=O)NC(C)C)cc1. The Morgan fingerprint density at radius 2 is 1.54 bits per heavy atom. The number of hydrogen-bond acceptors (Lipinski definition) is 4. The largest absolute Gasteiger partial charge is 0.497 e. The molecule has 0 aromatic heterocycles. The summed E-state index contributed by atoms with van der Waals surface area (Å²) in [5.74, 6) is 0.684.